The highest BCUT2D eigenvalue weighted by Crippen LogP contribution is 2.22. The fourth-order valence-corrected chi connectivity index (χ4v) is 1.35. The van der Waals surface area contributed by atoms with Gasteiger partial charge < -0.3 is 16.3 Å². The largest absolute Gasteiger partial charge is 0.409 e. The second-order valence-electron chi connectivity index (χ2n) is 5.64. The molecule has 0 unspecified atom stereocenters. The summed E-state index contributed by atoms with van der Waals surface area (Å²) in [4.78, 5) is 0. The molecule has 0 aliphatic heterocycles. The van der Waals surface area contributed by atoms with E-state index in [9.17, 15) is 0 Å². The first kappa shape index (κ1) is 15.2. The van der Waals surface area contributed by atoms with E-state index in [1.807, 2.05) is 13.8 Å². The third-order valence-corrected chi connectivity index (χ3v) is 3.27. The van der Waals surface area contributed by atoms with Crippen LogP contribution in [0.1, 0.15) is 53.9 Å². The van der Waals surface area contributed by atoms with E-state index in [0.717, 1.165) is 25.8 Å². The Morgan fingerprint density at radius 1 is 1.31 bits per heavy atom. The van der Waals surface area contributed by atoms with Gasteiger partial charge in [0.1, 0.15) is 5.84 Å². The van der Waals surface area contributed by atoms with Crippen molar-refractivity contribution in [3.05, 3.63) is 0 Å². The molecule has 0 aromatic heterocycles. The molecule has 4 nitrogen and oxygen atoms in total. The van der Waals surface area contributed by atoms with Crippen molar-refractivity contribution < 1.29 is 5.21 Å². The molecule has 0 aromatic rings. The van der Waals surface area contributed by atoms with Crippen LogP contribution in [0.25, 0.3) is 0 Å². The average molecular weight is 229 g/mol. The van der Waals surface area contributed by atoms with Crippen LogP contribution < -0.4 is 11.1 Å². The maximum absolute atomic E-state index is 8.64. The Kier molecular flexibility index (Phi) is 5.79. The van der Waals surface area contributed by atoms with E-state index in [1.54, 1.807) is 0 Å². The zero-order chi connectivity index (χ0) is 12.8. The second-order valence-corrected chi connectivity index (χ2v) is 5.64. The number of nitrogens with two attached hydrogens (primary N) is 1. The van der Waals surface area contributed by atoms with Gasteiger partial charge in [-0.2, -0.15) is 0 Å². The quantitative estimate of drug-likeness (QED) is 0.206. The van der Waals surface area contributed by atoms with Crippen molar-refractivity contribution in [3.63, 3.8) is 0 Å². The van der Waals surface area contributed by atoms with Gasteiger partial charge in [-0.15, -0.1) is 0 Å². The van der Waals surface area contributed by atoms with Crippen LogP contribution in [0.2, 0.25) is 0 Å². The predicted octanol–water partition coefficient (Wildman–Crippen LogP) is 2.32. The Balaban J connectivity index is 3.91. The van der Waals surface area contributed by atoms with Crippen LogP contribution >= 0.6 is 0 Å². The molecule has 0 amide bonds. The molecule has 0 rings (SSSR count). The van der Waals surface area contributed by atoms with Gasteiger partial charge in [0.05, 0.1) is 0 Å². The third kappa shape index (κ3) is 5.35. The fraction of sp³-hybridized carbons (Fsp3) is 0.917. The normalized spacial score (nSPS) is 14.2. The molecule has 0 saturated carbocycles. The number of hydrogen-bond acceptors (Lipinski definition) is 3. The summed E-state index contributed by atoms with van der Waals surface area (Å²) in [7, 11) is 0. The Morgan fingerprint density at radius 3 is 2.31 bits per heavy atom. The van der Waals surface area contributed by atoms with Crippen LogP contribution in [0, 0.1) is 5.41 Å². The van der Waals surface area contributed by atoms with Gasteiger partial charge in [0.25, 0.3) is 0 Å². The summed E-state index contributed by atoms with van der Waals surface area (Å²) in [6, 6.07) is 0. The lowest BCUT2D eigenvalue weighted by Gasteiger charge is -2.27. The van der Waals surface area contributed by atoms with Gasteiger partial charge in [-0.05, 0) is 39.7 Å². The maximum atomic E-state index is 8.64. The summed E-state index contributed by atoms with van der Waals surface area (Å²) in [5, 5.41) is 15.2. The van der Waals surface area contributed by atoms with Gasteiger partial charge in [-0.1, -0.05) is 25.9 Å². The Labute approximate surface area is 99.3 Å². The Bertz CT molecular complexity index is 234. The van der Waals surface area contributed by atoms with Gasteiger partial charge in [0, 0.05) is 11.0 Å². The zero-order valence-electron chi connectivity index (χ0n) is 11.3. The van der Waals surface area contributed by atoms with Crippen LogP contribution in [0.3, 0.4) is 0 Å². The lowest BCUT2D eigenvalue weighted by molar-refractivity contribution is 0.302. The summed E-state index contributed by atoms with van der Waals surface area (Å²) < 4.78 is 0. The smallest absolute Gasteiger partial charge is 0.144 e. The highest BCUT2D eigenvalue weighted by atomic mass is 16.4. The third-order valence-electron chi connectivity index (χ3n) is 3.27. The SMILES string of the molecule is CCC(C)(C)NCCCC(C)(C)C(N)=NO. The molecule has 0 aliphatic carbocycles. The summed E-state index contributed by atoms with van der Waals surface area (Å²) in [6.45, 7) is 11.5. The minimum Gasteiger partial charge on any atom is -0.409 e. The van der Waals surface area contributed by atoms with Gasteiger partial charge in [-0.25, -0.2) is 0 Å². The van der Waals surface area contributed by atoms with Crippen molar-refractivity contribution in [2.24, 2.45) is 16.3 Å². The van der Waals surface area contributed by atoms with Crippen molar-refractivity contribution in [3.8, 4) is 0 Å². The summed E-state index contributed by atoms with van der Waals surface area (Å²) in [5.74, 6) is 0.308. The Morgan fingerprint density at radius 2 is 1.88 bits per heavy atom. The molecule has 0 fully saturated rings. The van der Waals surface area contributed by atoms with Gasteiger partial charge >= 0.3 is 0 Å². The molecular formula is C12H27N3O. The van der Waals surface area contributed by atoms with Crippen LogP contribution in [0.5, 0.6) is 0 Å². The molecule has 96 valence electrons. The average Bonchev–Trinajstić information content (AvgIpc) is 2.23. The van der Waals surface area contributed by atoms with Crippen LogP contribution in [0.15, 0.2) is 5.16 Å². The van der Waals surface area contributed by atoms with E-state index in [1.165, 1.54) is 0 Å². The van der Waals surface area contributed by atoms with Gasteiger partial charge in [0.2, 0.25) is 0 Å². The number of rotatable bonds is 7. The summed E-state index contributed by atoms with van der Waals surface area (Å²) in [5.41, 5.74) is 5.59. The van der Waals surface area contributed by atoms with E-state index in [0.29, 0.717) is 5.84 Å². The molecular weight excluding hydrogens is 202 g/mol. The first-order chi connectivity index (χ1) is 7.25. The summed E-state index contributed by atoms with van der Waals surface area (Å²) >= 11 is 0. The fourth-order valence-electron chi connectivity index (χ4n) is 1.35. The van der Waals surface area contributed by atoms with E-state index < -0.39 is 0 Å². The monoisotopic (exact) mass is 229 g/mol. The zero-order valence-corrected chi connectivity index (χ0v) is 11.3. The first-order valence-electron chi connectivity index (χ1n) is 5.98. The lowest BCUT2D eigenvalue weighted by Crippen LogP contribution is -2.40. The van der Waals surface area contributed by atoms with Crippen LogP contribution in [-0.4, -0.2) is 23.1 Å². The molecule has 0 aromatic carbocycles. The minimum atomic E-state index is -0.229. The summed E-state index contributed by atoms with van der Waals surface area (Å²) in [6.07, 6.45) is 3.04. The Hall–Kier alpha value is -0.770. The maximum Gasteiger partial charge on any atom is 0.144 e. The molecule has 0 saturated heterocycles. The predicted molar refractivity (Wildman–Crippen MR) is 68.8 cm³/mol. The number of hydrogen-bond donors (Lipinski definition) is 3. The molecule has 0 aliphatic rings. The van der Waals surface area contributed by atoms with Crippen molar-refractivity contribution in [2.45, 2.75) is 59.4 Å². The molecule has 16 heavy (non-hydrogen) atoms. The molecule has 0 atom stereocenters. The molecule has 0 radical (unpaired) electrons. The standard InChI is InChI=1S/C12H27N3O/c1-6-12(4,5)14-9-7-8-11(2,3)10(13)15-16/h14,16H,6-9H2,1-5H3,(H2,13,15). The number of nitrogens with zero attached hydrogens (tertiary/aromatic N) is 1. The lowest BCUT2D eigenvalue weighted by atomic mass is 9.86. The highest BCUT2D eigenvalue weighted by molar-refractivity contribution is 5.85. The van der Waals surface area contributed by atoms with Gasteiger partial charge in [-0.3, -0.25) is 0 Å². The van der Waals surface area contributed by atoms with Crippen molar-refractivity contribution in [1.82, 2.24) is 5.32 Å². The molecule has 0 spiro atoms. The molecule has 4 N–H and O–H groups in total. The minimum absolute atomic E-state index is 0.195. The van der Waals surface area contributed by atoms with Crippen molar-refractivity contribution >= 4 is 5.84 Å². The topological polar surface area (TPSA) is 70.6 Å². The van der Waals surface area contributed by atoms with Crippen molar-refractivity contribution in [1.29, 1.82) is 0 Å². The van der Waals surface area contributed by atoms with Crippen LogP contribution in [0.4, 0.5) is 0 Å². The van der Waals surface area contributed by atoms with E-state index in [4.69, 9.17) is 10.9 Å². The molecule has 0 bridgehead atoms. The second kappa shape index (κ2) is 6.09. The number of oxime groups is 1. The van der Waals surface area contributed by atoms with Crippen molar-refractivity contribution in [2.75, 3.05) is 6.54 Å². The van der Waals surface area contributed by atoms with Crippen LogP contribution in [-0.2, 0) is 0 Å². The first-order valence-corrected chi connectivity index (χ1v) is 5.98. The van der Waals surface area contributed by atoms with E-state index >= 15 is 0 Å². The highest BCUT2D eigenvalue weighted by Gasteiger charge is 2.23. The molecule has 0 heterocycles. The van der Waals surface area contributed by atoms with E-state index in [2.05, 4.69) is 31.2 Å². The molecule has 4 heteroatoms. The number of nitrogens with one attached hydrogen (secondary N) is 1. The van der Waals surface area contributed by atoms with E-state index in [-0.39, 0.29) is 11.0 Å². The number of amidine groups is 1. The van der Waals surface area contributed by atoms with Gasteiger partial charge in [0.15, 0.2) is 0 Å².